The topological polar surface area (TPSA) is 60.4 Å². The highest BCUT2D eigenvalue weighted by molar-refractivity contribution is 7.90. The first kappa shape index (κ1) is 14.8. The molecule has 0 unspecified atom stereocenters. The number of hydrogen-bond donors (Lipinski definition) is 0. The van der Waals surface area contributed by atoms with Crippen molar-refractivity contribution in [3.63, 3.8) is 0 Å². The zero-order valence-corrected chi connectivity index (χ0v) is 12.9. The van der Waals surface area contributed by atoms with Gasteiger partial charge >= 0.3 is 5.97 Å². The summed E-state index contributed by atoms with van der Waals surface area (Å²) in [5.74, 6) is -0.669. The second-order valence-corrected chi connectivity index (χ2v) is 7.48. The van der Waals surface area contributed by atoms with E-state index in [1.54, 1.807) is 24.3 Å². The molecule has 114 valence electrons. The Balaban J connectivity index is 1.95. The van der Waals surface area contributed by atoms with Crippen LogP contribution in [0.1, 0.15) is 23.0 Å². The first-order chi connectivity index (χ1) is 10.5. The van der Waals surface area contributed by atoms with Crippen LogP contribution in [0.3, 0.4) is 0 Å². The van der Waals surface area contributed by atoms with Gasteiger partial charge in [0.1, 0.15) is 0 Å². The van der Waals surface area contributed by atoms with Crippen LogP contribution in [-0.4, -0.2) is 27.2 Å². The zero-order chi connectivity index (χ0) is 15.7. The molecule has 2 atom stereocenters. The fourth-order valence-electron chi connectivity index (χ4n) is 2.80. The quantitative estimate of drug-likeness (QED) is 0.816. The molecule has 0 amide bonds. The summed E-state index contributed by atoms with van der Waals surface area (Å²) < 4.78 is 28.3. The van der Waals surface area contributed by atoms with E-state index >= 15 is 0 Å². The third kappa shape index (κ3) is 2.76. The standard InChI is InChI=1S/C17H16O4S/c1-22(19,20)14-9-7-12(8-10-14)15-11-21-17(18)16(15)13-5-3-2-4-6-13/h2-10,15-16H,11H2,1H3/t15-,16+/m0/s1. The molecule has 1 fully saturated rings. The second-order valence-electron chi connectivity index (χ2n) is 5.47. The molecular formula is C17H16O4S. The summed E-state index contributed by atoms with van der Waals surface area (Å²) in [7, 11) is -3.22. The molecule has 0 aliphatic carbocycles. The first-order valence-electron chi connectivity index (χ1n) is 6.98. The molecule has 2 aromatic carbocycles. The molecule has 1 aliphatic heterocycles. The van der Waals surface area contributed by atoms with Gasteiger partial charge in [0.2, 0.25) is 0 Å². The Morgan fingerprint density at radius 2 is 1.59 bits per heavy atom. The molecule has 5 heteroatoms. The molecule has 1 saturated heterocycles. The number of rotatable bonds is 3. The molecular weight excluding hydrogens is 300 g/mol. The third-order valence-corrected chi connectivity index (χ3v) is 5.09. The monoisotopic (exact) mass is 316 g/mol. The van der Waals surface area contributed by atoms with E-state index in [1.807, 2.05) is 30.3 Å². The van der Waals surface area contributed by atoms with Gasteiger partial charge in [0.05, 0.1) is 17.4 Å². The van der Waals surface area contributed by atoms with Crippen molar-refractivity contribution in [2.75, 3.05) is 12.9 Å². The van der Waals surface area contributed by atoms with Crippen molar-refractivity contribution in [1.82, 2.24) is 0 Å². The lowest BCUT2D eigenvalue weighted by Crippen LogP contribution is -2.12. The Labute approximate surface area is 129 Å². The van der Waals surface area contributed by atoms with Crippen LogP contribution in [0, 0.1) is 0 Å². The van der Waals surface area contributed by atoms with E-state index in [2.05, 4.69) is 0 Å². The van der Waals surface area contributed by atoms with E-state index in [0.29, 0.717) is 6.61 Å². The van der Waals surface area contributed by atoms with E-state index in [4.69, 9.17) is 4.74 Å². The summed E-state index contributed by atoms with van der Waals surface area (Å²) in [5, 5.41) is 0. The predicted octanol–water partition coefficient (Wildman–Crippen LogP) is 2.51. The van der Waals surface area contributed by atoms with Crippen molar-refractivity contribution in [3.8, 4) is 0 Å². The second kappa shape index (κ2) is 5.57. The fraction of sp³-hybridized carbons (Fsp3) is 0.235. The summed E-state index contributed by atoms with van der Waals surface area (Å²) in [4.78, 5) is 12.3. The van der Waals surface area contributed by atoms with Crippen molar-refractivity contribution in [2.24, 2.45) is 0 Å². The number of benzene rings is 2. The Morgan fingerprint density at radius 1 is 0.955 bits per heavy atom. The number of carbonyl (C=O) groups is 1. The highest BCUT2D eigenvalue weighted by Crippen LogP contribution is 2.39. The normalized spacial score (nSPS) is 21.6. The number of ether oxygens (including phenoxy) is 1. The van der Waals surface area contributed by atoms with Crippen LogP contribution in [0.2, 0.25) is 0 Å². The summed E-state index contributed by atoms with van der Waals surface area (Å²) in [6.07, 6.45) is 1.18. The van der Waals surface area contributed by atoms with E-state index < -0.39 is 9.84 Å². The SMILES string of the molecule is CS(=O)(=O)c1ccc([C@@H]2COC(=O)[C@@H]2c2ccccc2)cc1. The summed E-state index contributed by atoms with van der Waals surface area (Å²) in [5.41, 5.74) is 1.83. The molecule has 2 aromatic rings. The van der Waals surface area contributed by atoms with Crippen LogP contribution in [0.25, 0.3) is 0 Å². The molecule has 1 aliphatic rings. The van der Waals surface area contributed by atoms with Gasteiger partial charge in [-0.05, 0) is 23.3 Å². The van der Waals surface area contributed by atoms with Gasteiger partial charge in [-0.2, -0.15) is 0 Å². The zero-order valence-electron chi connectivity index (χ0n) is 12.1. The van der Waals surface area contributed by atoms with Crippen molar-refractivity contribution < 1.29 is 17.9 Å². The maximum atomic E-state index is 12.1. The molecule has 0 radical (unpaired) electrons. The molecule has 0 bridgehead atoms. The van der Waals surface area contributed by atoms with E-state index in [0.717, 1.165) is 11.1 Å². The number of cyclic esters (lactones) is 1. The lowest BCUT2D eigenvalue weighted by molar-refractivity contribution is -0.139. The summed E-state index contributed by atoms with van der Waals surface area (Å²) in [6.45, 7) is 0.316. The number of esters is 1. The Morgan fingerprint density at radius 3 is 2.18 bits per heavy atom. The minimum absolute atomic E-state index is 0.0940. The number of carbonyl (C=O) groups excluding carboxylic acids is 1. The van der Waals surface area contributed by atoms with Crippen LogP contribution in [0.15, 0.2) is 59.5 Å². The molecule has 0 saturated carbocycles. The van der Waals surface area contributed by atoms with Crippen molar-refractivity contribution in [1.29, 1.82) is 0 Å². The van der Waals surface area contributed by atoms with Gasteiger partial charge in [0, 0.05) is 12.2 Å². The Bertz CT molecular complexity index is 779. The molecule has 3 rings (SSSR count). The van der Waals surface area contributed by atoms with Gasteiger partial charge in [-0.15, -0.1) is 0 Å². The maximum Gasteiger partial charge on any atom is 0.314 e. The molecule has 4 nitrogen and oxygen atoms in total. The van der Waals surface area contributed by atoms with E-state index in [1.165, 1.54) is 6.26 Å². The van der Waals surface area contributed by atoms with Crippen LogP contribution < -0.4 is 0 Å². The van der Waals surface area contributed by atoms with Gasteiger partial charge in [-0.3, -0.25) is 4.79 Å². The molecule has 22 heavy (non-hydrogen) atoms. The molecule has 0 N–H and O–H groups in total. The Kier molecular flexibility index (Phi) is 3.74. The number of hydrogen-bond acceptors (Lipinski definition) is 4. The fourth-order valence-corrected chi connectivity index (χ4v) is 3.43. The predicted molar refractivity (Wildman–Crippen MR) is 82.4 cm³/mol. The lowest BCUT2D eigenvalue weighted by Gasteiger charge is -2.16. The van der Waals surface area contributed by atoms with Crippen LogP contribution in [0.5, 0.6) is 0 Å². The largest absolute Gasteiger partial charge is 0.465 e. The number of sulfone groups is 1. The van der Waals surface area contributed by atoms with Crippen molar-refractivity contribution in [2.45, 2.75) is 16.7 Å². The van der Waals surface area contributed by atoms with E-state index in [-0.39, 0.29) is 22.7 Å². The van der Waals surface area contributed by atoms with Gasteiger partial charge in [-0.1, -0.05) is 42.5 Å². The smallest absolute Gasteiger partial charge is 0.314 e. The van der Waals surface area contributed by atoms with Crippen molar-refractivity contribution in [3.05, 3.63) is 65.7 Å². The maximum absolute atomic E-state index is 12.1. The van der Waals surface area contributed by atoms with Gasteiger partial charge in [0.25, 0.3) is 0 Å². The van der Waals surface area contributed by atoms with Crippen molar-refractivity contribution >= 4 is 15.8 Å². The minimum atomic E-state index is -3.22. The van der Waals surface area contributed by atoms with E-state index in [9.17, 15) is 13.2 Å². The van der Waals surface area contributed by atoms with Gasteiger partial charge < -0.3 is 4.74 Å². The molecule has 0 aromatic heterocycles. The Hall–Kier alpha value is -2.14. The van der Waals surface area contributed by atoms with Crippen LogP contribution >= 0.6 is 0 Å². The highest BCUT2D eigenvalue weighted by atomic mass is 32.2. The van der Waals surface area contributed by atoms with Gasteiger partial charge in [-0.25, -0.2) is 8.42 Å². The highest BCUT2D eigenvalue weighted by Gasteiger charge is 2.38. The van der Waals surface area contributed by atoms with Crippen LogP contribution in [-0.2, 0) is 19.4 Å². The molecule has 1 heterocycles. The summed E-state index contributed by atoms with van der Waals surface area (Å²) >= 11 is 0. The average Bonchev–Trinajstić information content (AvgIpc) is 2.89. The van der Waals surface area contributed by atoms with Gasteiger partial charge in [0.15, 0.2) is 9.84 Å². The molecule has 0 spiro atoms. The lowest BCUT2D eigenvalue weighted by atomic mass is 9.84. The first-order valence-corrected chi connectivity index (χ1v) is 8.87. The average molecular weight is 316 g/mol. The van der Waals surface area contributed by atoms with Crippen LogP contribution in [0.4, 0.5) is 0 Å². The minimum Gasteiger partial charge on any atom is -0.465 e. The third-order valence-electron chi connectivity index (χ3n) is 3.96. The summed E-state index contributed by atoms with van der Waals surface area (Å²) in [6, 6.07) is 16.2.